The van der Waals surface area contributed by atoms with Crippen LogP contribution in [0.5, 0.6) is 0 Å². The Bertz CT molecular complexity index is 612. The molecule has 0 N–H and O–H groups in total. The number of carbonyl (C=O) groups is 2. The van der Waals surface area contributed by atoms with Gasteiger partial charge in [0.15, 0.2) is 0 Å². The largest absolute Gasteiger partial charge is 0.462 e. The van der Waals surface area contributed by atoms with Gasteiger partial charge in [0.2, 0.25) is 0 Å². The highest BCUT2D eigenvalue weighted by atomic mass is 16.5. The minimum atomic E-state index is -0.122. The van der Waals surface area contributed by atoms with Crippen molar-refractivity contribution in [3.63, 3.8) is 0 Å². The Hall–Kier alpha value is -0.860. The fraction of sp³-hybridized carbons (Fsp3) is 0.905. The summed E-state index contributed by atoms with van der Waals surface area (Å²) in [6, 6.07) is 0. The summed E-state index contributed by atoms with van der Waals surface area (Å²) >= 11 is 0. The molecule has 3 heteroatoms. The monoisotopic (exact) mass is 330 g/mol. The molecule has 0 bridgehead atoms. The fourth-order valence-electron chi connectivity index (χ4n) is 8.52. The molecule has 0 aliphatic heterocycles. The second-order valence-electron chi connectivity index (χ2n) is 9.90. The van der Waals surface area contributed by atoms with Crippen molar-refractivity contribution in [3.8, 4) is 0 Å². The molecule has 0 amide bonds. The lowest BCUT2D eigenvalue weighted by Crippen LogP contribution is -2.44. The van der Waals surface area contributed by atoms with Gasteiger partial charge in [0.25, 0.3) is 0 Å². The first-order valence-corrected chi connectivity index (χ1v) is 10.1. The Morgan fingerprint density at radius 3 is 2.58 bits per heavy atom. The molecule has 0 heterocycles. The molecule has 3 nitrogen and oxygen atoms in total. The summed E-state index contributed by atoms with van der Waals surface area (Å²) in [7, 11) is 0. The van der Waals surface area contributed by atoms with Crippen LogP contribution in [0.25, 0.3) is 0 Å². The predicted octanol–water partition coefficient (Wildman–Crippen LogP) is 4.00. The third kappa shape index (κ3) is 1.65. The Labute approximate surface area is 144 Å². The zero-order chi connectivity index (χ0) is 16.9. The number of ketones is 1. The average molecular weight is 330 g/mol. The van der Waals surface area contributed by atoms with Crippen LogP contribution in [0.4, 0.5) is 0 Å². The lowest BCUT2D eigenvalue weighted by Gasteiger charge is -2.47. The highest BCUT2D eigenvalue weighted by Gasteiger charge is 2.78. The van der Waals surface area contributed by atoms with Crippen LogP contribution in [0.1, 0.15) is 65.7 Å². The van der Waals surface area contributed by atoms with Crippen LogP contribution < -0.4 is 0 Å². The van der Waals surface area contributed by atoms with E-state index in [0.717, 1.165) is 24.7 Å². The van der Waals surface area contributed by atoms with Gasteiger partial charge in [-0.1, -0.05) is 13.8 Å². The first-order valence-electron chi connectivity index (χ1n) is 10.1. The molecule has 24 heavy (non-hydrogen) atoms. The summed E-state index contributed by atoms with van der Waals surface area (Å²) < 4.78 is 5.72. The minimum absolute atomic E-state index is 0.122. The molecule has 5 fully saturated rings. The molecule has 0 saturated heterocycles. The molecule has 9 unspecified atom stereocenters. The second-order valence-corrected chi connectivity index (χ2v) is 9.90. The van der Waals surface area contributed by atoms with Crippen LogP contribution in [-0.4, -0.2) is 17.9 Å². The van der Waals surface area contributed by atoms with Crippen LogP contribution >= 0.6 is 0 Å². The van der Waals surface area contributed by atoms with Crippen molar-refractivity contribution >= 4 is 11.8 Å². The summed E-state index contributed by atoms with van der Waals surface area (Å²) in [6.45, 7) is 6.23. The van der Waals surface area contributed by atoms with Gasteiger partial charge in [-0.25, -0.2) is 0 Å². The van der Waals surface area contributed by atoms with Gasteiger partial charge in [-0.3, -0.25) is 9.59 Å². The topological polar surface area (TPSA) is 43.4 Å². The first kappa shape index (κ1) is 15.4. The van der Waals surface area contributed by atoms with E-state index in [-0.39, 0.29) is 17.5 Å². The number of hydrogen-bond donors (Lipinski definition) is 0. The van der Waals surface area contributed by atoms with Gasteiger partial charge in [0.1, 0.15) is 11.9 Å². The maximum atomic E-state index is 12.5. The van der Waals surface area contributed by atoms with Crippen molar-refractivity contribution in [2.75, 3.05) is 0 Å². The molecule has 5 aliphatic rings. The molecule has 0 aromatic heterocycles. The van der Waals surface area contributed by atoms with E-state index >= 15 is 0 Å². The Balaban J connectivity index is 1.41. The fourth-order valence-corrected chi connectivity index (χ4v) is 8.52. The third-order valence-corrected chi connectivity index (χ3v) is 9.19. The minimum Gasteiger partial charge on any atom is -0.462 e. The summed E-state index contributed by atoms with van der Waals surface area (Å²) in [5.41, 5.74) is 0.568. The van der Waals surface area contributed by atoms with Crippen molar-refractivity contribution < 1.29 is 14.3 Å². The molecule has 5 saturated carbocycles. The van der Waals surface area contributed by atoms with E-state index in [1.807, 2.05) is 0 Å². The van der Waals surface area contributed by atoms with Gasteiger partial charge < -0.3 is 4.74 Å². The molecular weight excluding hydrogens is 300 g/mol. The average Bonchev–Trinajstić information content (AvgIpc) is 2.69. The van der Waals surface area contributed by atoms with Gasteiger partial charge in [-0.15, -0.1) is 0 Å². The van der Waals surface area contributed by atoms with Gasteiger partial charge >= 0.3 is 5.97 Å². The standard InChI is InChI=1S/C21H30O3/c1-11-10-16(23)19-18(11)21(19)9-6-13-14-4-5-17(24-12(2)22)20(14,3)8-7-15(13)21/h11,13-15,17-19H,4-10H2,1-3H3. The van der Waals surface area contributed by atoms with Crippen molar-refractivity contribution in [2.24, 2.45) is 46.3 Å². The highest BCUT2D eigenvalue weighted by Crippen LogP contribution is 2.80. The smallest absolute Gasteiger partial charge is 0.302 e. The molecule has 1 spiro atoms. The predicted molar refractivity (Wildman–Crippen MR) is 90.0 cm³/mol. The number of ether oxygens (including phenoxy) is 1. The van der Waals surface area contributed by atoms with E-state index in [1.165, 1.54) is 32.1 Å². The van der Waals surface area contributed by atoms with E-state index in [9.17, 15) is 9.59 Å². The number of hydrogen-bond acceptors (Lipinski definition) is 3. The second kappa shape index (κ2) is 4.65. The summed E-state index contributed by atoms with van der Waals surface area (Å²) in [5, 5.41) is 0. The number of carbonyl (C=O) groups excluding carboxylic acids is 2. The maximum absolute atomic E-state index is 12.5. The highest BCUT2D eigenvalue weighted by molar-refractivity contribution is 5.89. The lowest BCUT2D eigenvalue weighted by atomic mass is 9.58. The lowest BCUT2D eigenvalue weighted by molar-refractivity contribution is -0.155. The van der Waals surface area contributed by atoms with Gasteiger partial charge in [0.05, 0.1) is 0 Å². The van der Waals surface area contributed by atoms with Gasteiger partial charge in [0, 0.05) is 24.7 Å². The van der Waals surface area contributed by atoms with Crippen LogP contribution in [0.3, 0.4) is 0 Å². The zero-order valence-corrected chi connectivity index (χ0v) is 15.2. The molecule has 9 atom stereocenters. The van der Waals surface area contributed by atoms with E-state index in [1.54, 1.807) is 6.92 Å². The first-order chi connectivity index (χ1) is 11.4. The SMILES string of the molecule is CC(=O)OC1CCC2C3CCC4(C3CCC12C)C1C(=O)CC(C)C14. The van der Waals surface area contributed by atoms with Crippen molar-refractivity contribution in [1.29, 1.82) is 0 Å². The number of rotatable bonds is 1. The molecule has 0 aromatic carbocycles. The number of esters is 1. The van der Waals surface area contributed by atoms with E-state index in [2.05, 4.69) is 13.8 Å². The summed E-state index contributed by atoms with van der Waals surface area (Å²) in [5.74, 6) is 4.43. The third-order valence-electron chi connectivity index (χ3n) is 9.19. The Morgan fingerprint density at radius 1 is 1.12 bits per heavy atom. The number of fused-ring (bicyclic) bond motifs is 7. The van der Waals surface area contributed by atoms with Crippen LogP contribution in [-0.2, 0) is 14.3 Å². The van der Waals surface area contributed by atoms with E-state index < -0.39 is 0 Å². The summed E-state index contributed by atoms with van der Waals surface area (Å²) in [4.78, 5) is 24.0. The molecular formula is C21H30O3. The van der Waals surface area contributed by atoms with Crippen molar-refractivity contribution in [3.05, 3.63) is 0 Å². The summed E-state index contributed by atoms with van der Waals surface area (Å²) in [6.07, 6.45) is 8.25. The zero-order valence-electron chi connectivity index (χ0n) is 15.2. The normalized spacial score (nSPS) is 57.6. The van der Waals surface area contributed by atoms with Crippen molar-refractivity contribution in [1.82, 2.24) is 0 Å². The van der Waals surface area contributed by atoms with Crippen molar-refractivity contribution in [2.45, 2.75) is 71.8 Å². The van der Waals surface area contributed by atoms with Crippen LogP contribution in [0.2, 0.25) is 0 Å². The Kier molecular flexibility index (Phi) is 2.98. The van der Waals surface area contributed by atoms with Crippen LogP contribution in [0, 0.1) is 46.3 Å². The van der Waals surface area contributed by atoms with E-state index in [4.69, 9.17) is 4.74 Å². The molecule has 0 aromatic rings. The molecule has 5 aliphatic carbocycles. The molecule has 132 valence electrons. The van der Waals surface area contributed by atoms with Crippen LogP contribution in [0.15, 0.2) is 0 Å². The Morgan fingerprint density at radius 2 is 1.92 bits per heavy atom. The molecule has 0 radical (unpaired) electrons. The number of Topliss-reactive ketones (excluding diaryl/α,β-unsaturated/α-hetero) is 1. The quantitative estimate of drug-likeness (QED) is 0.683. The van der Waals surface area contributed by atoms with Gasteiger partial charge in [-0.05, 0) is 73.5 Å². The maximum Gasteiger partial charge on any atom is 0.302 e. The molecule has 5 rings (SSSR count). The van der Waals surface area contributed by atoms with E-state index in [0.29, 0.717) is 34.9 Å². The van der Waals surface area contributed by atoms with Gasteiger partial charge in [-0.2, -0.15) is 0 Å².